The molecule has 1 aromatic carbocycles. The van der Waals surface area contributed by atoms with Crippen LogP contribution in [0.15, 0.2) is 34.1 Å². The molecule has 1 aromatic heterocycles. The highest BCUT2D eigenvalue weighted by Gasteiger charge is 2.25. The summed E-state index contributed by atoms with van der Waals surface area (Å²) in [5.41, 5.74) is 2.70. The number of rotatable bonds is 2. The maximum atomic E-state index is 12.3. The Kier molecular flexibility index (Phi) is 4.05. The van der Waals surface area contributed by atoms with Crippen molar-refractivity contribution in [2.24, 2.45) is 7.05 Å². The minimum absolute atomic E-state index is 0.380. The van der Waals surface area contributed by atoms with Gasteiger partial charge in [-0.25, -0.2) is 4.79 Å². The molecule has 0 bridgehead atoms. The van der Waals surface area contributed by atoms with E-state index in [1.165, 1.54) is 10.1 Å². The molecule has 3 rings (SSSR count). The van der Waals surface area contributed by atoms with Gasteiger partial charge < -0.3 is 9.64 Å². The second-order valence-electron chi connectivity index (χ2n) is 6.22. The van der Waals surface area contributed by atoms with Crippen LogP contribution in [0.4, 0.5) is 5.82 Å². The van der Waals surface area contributed by atoms with Crippen molar-refractivity contribution < 1.29 is 4.74 Å². The van der Waals surface area contributed by atoms with Gasteiger partial charge in [0.25, 0.3) is 5.56 Å². The van der Waals surface area contributed by atoms with Gasteiger partial charge in [-0.1, -0.05) is 17.7 Å². The van der Waals surface area contributed by atoms with Crippen molar-refractivity contribution in [3.8, 4) is 5.75 Å². The number of aryl methyl sites for hydroxylation is 2. The van der Waals surface area contributed by atoms with Gasteiger partial charge >= 0.3 is 5.69 Å². The second kappa shape index (κ2) is 6.03. The maximum absolute atomic E-state index is 12.3. The van der Waals surface area contributed by atoms with Crippen LogP contribution in [0.1, 0.15) is 23.1 Å². The fourth-order valence-corrected chi connectivity index (χ4v) is 3.05. The number of aromatic amines is 1. The zero-order valence-corrected chi connectivity index (χ0v) is 14.3. The van der Waals surface area contributed by atoms with Crippen LogP contribution in [0.3, 0.4) is 0 Å². The van der Waals surface area contributed by atoms with Gasteiger partial charge in [-0.15, -0.1) is 0 Å². The molecule has 6 heteroatoms. The standard InChI is InChI=1S/C18H21N3O3/c1-11-5-6-14(12(2)9-11)24-10-13-7-8-20(3)17-15(13)16(22)19-18(23)21(17)4/h5-6,9-10H,7-8H2,1-4H3,(H,19,22,23)/b13-10-. The zero-order chi connectivity index (χ0) is 17.4. The van der Waals surface area contributed by atoms with E-state index in [1.54, 1.807) is 13.3 Å². The Bertz CT molecular complexity index is 938. The highest BCUT2D eigenvalue weighted by atomic mass is 16.5. The molecule has 126 valence electrons. The molecule has 2 aromatic rings. The topological polar surface area (TPSA) is 67.3 Å². The monoisotopic (exact) mass is 327 g/mol. The first kappa shape index (κ1) is 16.1. The van der Waals surface area contributed by atoms with E-state index in [-0.39, 0.29) is 5.56 Å². The summed E-state index contributed by atoms with van der Waals surface area (Å²) in [6.07, 6.45) is 2.30. The number of H-pyrrole nitrogens is 1. The van der Waals surface area contributed by atoms with Gasteiger partial charge in [0, 0.05) is 26.2 Å². The Hall–Kier alpha value is -2.76. The largest absolute Gasteiger partial charge is 0.464 e. The van der Waals surface area contributed by atoms with Crippen molar-refractivity contribution >= 4 is 11.4 Å². The zero-order valence-electron chi connectivity index (χ0n) is 14.3. The summed E-state index contributed by atoms with van der Waals surface area (Å²) in [6.45, 7) is 4.73. The minimum Gasteiger partial charge on any atom is -0.464 e. The summed E-state index contributed by atoms with van der Waals surface area (Å²) in [4.78, 5) is 28.5. The van der Waals surface area contributed by atoms with Gasteiger partial charge in [0.2, 0.25) is 0 Å². The second-order valence-corrected chi connectivity index (χ2v) is 6.22. The van der Waals surface area contributed by atoms with E-state index < -0.39 is 5.69 Å². The molecule has 1 aliphatic heterocycles. The number of anilines is 1. The fraction of sp³-hybridized carbons (Fsp3) is 0.333. The molecule has 0 saturated carbocycles. The van der Waals surface area contributed by atoms with E-state index >= 15 is 0 Å². The number of aromatic nitrogens is 2. The van der Waals surface area contributed by atoms with Crippen molar-refractivity contribution in [2.75, 3.05) is 18.5 Å². The molecule has 24 heavy (non-hydrogen) atoms. The van der Waals surface area contributed by atoms with Gasteiger partial charge in [-0.3, -0.25) is 14.3 Å². The van der Waals surface area contributed by atoms with E-state index in [0.717, 1.165) is 16.9 Å². The number of fused-ring (bicyclic) bond motifs is 1. The highest BCUT2D eigenvalue weighted by Crippen LogP contribution is 2.30. The van der Waals surface area contributed by atoms with E-state index in [1.807, 2.05) is 44.0 Å². The Balaban J connectivity index is 2.06. The predicted molar refractivity (Wildman–Crippen MR) is 94.7 cm³/mol. The van der Waals surface area contributed by atoms with Crippen LogP contribution in [0, 0.1) is 13.8 Å². The number of nitrogens with one attached hydrogen (secondary N) is 1. The van der Waals surface area contributed by atoms with Crippen LogP contribution in [0.2, 0.25) is 0 Å². The molecule has 6 nitrogen and oxygen atoms in total. The third-order valence-electron chi connectivity index (χ3n) is 4.35. The number of benzene rings is 1. The van der Waals surface area contributed by atoms with E-state index in [0.29, 0.717) is 24.3 Å². The van der Waals surface area contributed by atoms with Crippen molar-refractivity contribution in [3.05, 3.63) is 62.0 Å². The van der Waals surface area contributed by atoms with Crippen LogP contribution in [-0.2, 0) is 7.05 Å². The number of hydrogen-bond donors (Lipinski definition) is 1. The third-order valence-corrected chi connectivity index (χ3v) is 4.35. The summed E-state index contributed by atoms with van der Waals surface area (Å²) >= 11 is 0. The molecule has 0 saturated heterocycles. The summed E-state index contributed by atoms with van der Waals surface area (Å²) < 4.78 is 7.29. The lowest BCUT2D eigenvalue weighted by atomic mass is 10.0. The van der Waals surface area contributed by atoms with Gasteiger partial charge in [-0.05, 0) is 31.9 Å². The van der Waals surface area contributed by atoms with Crippen LogP contribution in [-0.4, -0.2) is 23.1 Å². The lowest BCUT2D eigenvalue weighted by molar-refractivity contribution is 0.477. The van der Waals surface area contributed by atoms with Crippen LogP contribution < -0.4 is 20.9 Å². The Labute approximate surface area is 140 Å². The number of ether oxygens (including phenoxy) is 1. The van der Waals surface area contributed by atoms with Crippen molar-refractivity contribution in [2.45, 2.75) is 20.3 Å². The molecule has 0 spiro atoms. The summed E-state index contributed by atoms with van der Waals surface area (Å²) in [5, 5.41) is 0. The number of hydrogen-bond acceptors (Lipinski definition) is 4. The first-order valence-electron chi connectivity index (χ1n) is 7.86. The average Bonchev–Trinajstić information content (AvgIpc) is 2.52. The molecule has 1 N–H and O–H groups in total. The quantitative estimate of drug-likeness (QED) is 0.856. The normalized spacial score (nSPS) is 15.5. The average molecular weight is 327 g/mol. The van der Waals surface area contributed by atoms with Crippen molar-refractivity contribution in [3.63, 3.8) is 0 Å². The fourth-order valence-electron chi connectivity index (χ4n) is 3.05. The van der Waals surface area contributed by atoms with Crippen LogP contribution in [0.5, 0.6) is 5.75 Å². The molecule has 0 fully saturated rings. The van der Waals surface area contributed by atoms with E-state index in [4.69, 9.17) is 4.74 Å². The molecular weight excluding hydrogens is 306 g/mol. The Morgan fingerprint density at radius 1 is 1.21 bits per heavy atom. The molecular formula is C18H21N3O3. The number of nitrogens with zero attached hydrogens (tertiary/aromatic N) is 2. The van der Waals surface area contributed by atoms with E-state index in [9.17, 15) is 9.59 Å². The lowest BCUT2D eigenvalue weighted by Gasteiger charge is -2.29. The van der Waals surface area contributed by atoms with Crippen molar-refractivity contribution in [1.29, 1.82) is 0 Å². The van der Waals surface area contributed by atoms with Crippen LogP contribution >= 0.6 is 0 Å². The molecule has 2 heterocycles. The smallest absolute Gasteiger partial charge is 0.329 e. The first-order chi connectivity index (χ1) is 11.4. The van der Waals surface area contributed by atoms with Crippen LogP contribution in [0.25, 0.3) is 5.57 Å². The first-order valence-corrected chi connectivity index (χ1v) is 7.86. The third kappa shape index (κ3) is 2.75. The van der Waals surface area contributed by atoms with Gasteiger partial charge in [0.15, 0.2) is 0 Å². The van der Waals surface area contributed by atoms with Gasteiger partial charge in [-0.2, -0.15) is 0 Å². The molecule has 1 aliphatic rings. The predicted octanol–water partition coefficient (Wildman–Crippen LogP) is 1.95. The van der Waals surface area contributed by atoms with E-state index in [2.05, 4.69) is 4.98 Å². The SMILES string of the molecule is Cc1ccc(O/C=C2/CCN(C)c3c2c(=O)[nH]c(=O)n3C)c(C)c1. The van der Waals surface area contributed by atoms with Gasteiger partial charge in [0.05, 0.1) is 11.8 Å². The minimum atomic E-state index is -0.415. The van der Waals surface area contributed by atoms with Gasteiger partial charge in [0.1, 0.15) is 11.6 Å². The lowest BCUT2D eigenvalue weighted by Crippen LogP contribution is -2.39. The molecule has 0 radical (unpaired) electrons. The molecule has 0 aliphatic carbocycles. The molecule has 0 atom stereocenters. The Morgan fingerprint density at radius 3 is 2.67 bits per heavy atom. The molecule has 0 unspecified atom stereocenters. The maximum Gasteiger partial charge on any atom is 0.329 e. The molecule has 0 amide bonds. The summed E-state index contributed by atoms with van der Waals surface area (Å²) in [7, 11) is 3.53. The Morgan fingerprint density at radius 2 is 1.96 bits per heavy atom. The van der Waals surface area contributed by atoms with Crippen molar-refractivity contribution in [1.82, 2.24) is 9.55 Å². The highest BCUT2D eigenvalue weighted by molar-refractivity contribution is 5.76. The summed E-state index contributed by atoms with van der Waals surface area (Å²) in [6, 6.07) is 5.95. The summed E-state index contributed by atoms with van der Waals surface area (Å²) in [5.74, 6) is 1.38.